The number of aryl methyl sites for hydroxylation is 1. The summed E-state index contributed by atoms with van der Waals surface area (Å²) in [5.41, 5.74) is 4.75. The second kappa shape index (κ2) is 6.81. The molecule has 0 aliphatic carbocycles. The Hall–Kier alpha value is -2.71. The maximum Gasteiger partial charge on any atom is 0.416 e. The minimum absolute atomic E-state index is 0.0500. The van der Waals surface area contributed by atoms with Gasteiger partial charge in [-0.2, -0.15) is 13.2 Å². The molecule has 130 valence electrons. The number of halogens is 3. The van der Waals surface area contributed by atoms with Crippen LogP contribution in [0, 0.1) is 0 Å². The van der Waals surface area contributed by atoms with Gasteiger partial charge in [-0.1, -0.05) is 0 Å². The molecule has 2 rings (SSSR count). The fraction of sp³-hybridized carbons (Fsp3) is 0.333. The molecule has 0 saturated heterocycles. The molecule has 0 aliphatic heterocycles. The zero-order valence-corrected chi connectivity index (χ0v) is 12.8. The average Bonchev–Trinajstić information content (AvgIpc) is 2.82. The Morgan fingerprint density at radius 1 is 1.29 bits per heavy atom. The van der Waals surface area contributed by atoms with Crippen molar-refractivity contribution in [2.24, 2.45) is 12.8 Å². The molecular weight excluding hydrogens is 327 g/mol. The number of primary amides is 1. The van der Waals surface area contributed by atoms with Crippen molar-refractivity contribution >= 4 is 22.9 Å². The van der Waals surface area contributed by atoms with E-state index in [0.29, 0.717) is 17.3 Å². The second-order valence-corrected chi connectivity index (χ2v) is 5.14. The Labute approximate surface area is 135 Å². The van der Waals surface area contributed by atoms with Crippen molar-refractivity contribution in [1.82, 2.24) is 9.88 Å². The monoisotopic (exact) mass is 343 g/mol. The fourth-order valence-corrected chi connectivity index (χ4v) is 2.24. The number of nitrogens with two attached hydrogens (primary N) is 1. The lowest BCUT2D eigenvalue weighted by Crippen LogP contribution is -2.30. The number of alkyl halides is 3. The van der Waals surface area contributed by atoms with Gasteiger partial charge in [-0.25, -0.2) is 9.59 Å². The van der Waals surface area contributed by atoms with Crippen molar-refractivity contribution in [3.05, 3.63) is 35.5 Å². The summed E-state index contributed by atoms with van der Waals surface area (Å²) in [5, 5.41) is 2.65. The van der Waals surface area contributed by atoms with Crippen LogP contribution in [0.15, 0.2) is 24.3 Å². The number of carbonyl (C=O) groups excluding carboxylic acids is 2. The van der Waals surface area contributed by atoms with E-state index >= 15 is 0 Å². The summed E-state index contributed by atoms with van der Waals surface area (Å²) in [4.78, 5) is 22.5. The summed E-state index contributed by atoms with van der Waals surface area (Å²) in [6.07, 6.45) is -4.07. The van der Waals surface area contributed by atoms with Gasteiger partial charge in [0.15, 0.2) is 0 Å². The first kappa shape index (κ1) is 17.6. The topological polar surface area (TPSA) is 86.3 Å². The van der Waals surface area contributed by atoms with E-state index in [1.165, 1.54) is 16.7 Å². The molecule has 3 N–H and O–H groups in total. The largest absolute Gasteiger partial charge is 0.461 e. The number of urea groups is 1. The first-order valence-corrected chi connectivity index (χ1v) is 7.07. The minimum atomic E-state index is -4.45. The van der Waals surface area contributed by atoms with E-state index < -0.39 is 23.7 Å². The molecule has 0 atom stereocenters. The summed E-state index contributed by atoms with van der Waals surface area (Å²) in [5.74, 6) is -0.652. The number of ether oxygens (including phenoxy) is 1. The van der Waals surface area contributed by atoms with Crippen molar-refractivity contribution in [3.8, 4) is 0 Å². The molecule has 0 unspecified atom stereocenters. The van der Waals surface area contributed by atoms with E-state index in [9.17, 15) is 22.8 Å². The Morgan fingerprint density at radius 2 is 2.00 bits per heavy atom. The smallest absolute Gasteiger partial charge is 0.416 e. The number of fused-ring (bicyclic) bond motifs is 1. The molecule has 2 amide bonds. The third-order valence-corrected chi connectivity index (χ3v) is 3.43. The maximum absolute atomic E-state index is 12.7. The van der Waals surface area contributed by atoms with Gasteiger partial charge in [0.1, 0.15) is 5.69 Å². The van der Waals surface area contributed by atoms with E-state index in [1.54, 1.807) is 7.05 Å². The molecule has 0 radical (unpaired) electrons. The first-order valence-electron chi connectivity index (χ1n) is 7.07. The molecule has 24 heavy (non-hydrogen) atoms. The Balaban J connectivity index is 2.10. The van der Waals surface area contributed by atoms with E-state index in [2.05, 4.69) is 5.32 Å². The molecule has 1 aromatic carbocycles. The number of carbonyl (C=O) groups is 2. The Morgan fingerprint density at radius 3 is 2.62 bits per heavy atom. The predicted octanol–water partition coefficient (Wildman–Crippen LogP) is 2.41. The molecule has 1 aromatic heterocycles. The van der Waals surface area contributed by atoms with Crippen LogP contribution >= 0.6 is 0 Å². The first-order chi connectivity index (χ1) is 11.2. The number of rotatable bonds is 5. The van der Waals surface area contributed by atoms with Gasteiger partial charge in [0.05, 0.1) is 12.2 Å². The van der Waals surface area contributed by atoms with Crippen molar-refractivity contribution in [3.63, 3.8) is 0 Å². The highest BCUT2D eigenvalue weighted by molar-refractivity contribution is 5.95. The highest BCUT2D eigenvalue weighted by Crippen LogP contribution is 2.32. The zero-order chi connectivity index (χ0) is 17.9. The maximum atomic E-state index is 12.7. The van der Waals surface area contributed by atoms with Crippen LogP contribution in [0.4, 0.5) is 18.0 Å². The van der Waals surface area contributed by atoms with E-state index in [0.717, 1.165) is 12.1 Å². The number of aromatic nitrogens is 1. The van der Waals surface area contributed by atoms with Gasteiger partial charge in [-0.15, -0.1) is 0 Å². The highest BCUT2D eigenvalue weighted by atomic mass is 19.4. The number of benzene rings is 1. The summed E-state index contributed by atoms with van der Waals surface area (Å²) in [6, 6.07) is 3.95. The van der Waals surface area contributed by atoms with Gasteiger partial charge in [-0.3, -0.25) is 0 Å². The van der Waals surface area contributed by atoms with Gasteiger partial charge in [-0.05, 0) is 30.7 Å². The molecule has 2 aromatic rings. The van der Waals surface area contributed by atoms with Crippen molar-refractivity contribution in [2.75, 3.05) is 13.2 Å². The second-order valence-electron chi connectivity index (χ2n) is 5.14. The zero-order valence-electron chi connectivity index (χ0n) is 12.8. The fourth-order valence-electron chi connectivity index (χ4n) is 2.24. The number of amides is 2. The van der Waals surface area contributed by atoms with Crippen LogP contribution in [0.3, 0.4) is 0 Å². The lowest BCUT2D eigenvalue weighted by Gasteiger charge is -2.07. The van der Waals surface area contributed by atoms with Gasteiger partial charge < -0.3 is 20.4 Å². The summed E-state index contributed by atoms with van der Waals surface area (Å²) >= 11 is 0. The number of hydrogen-bond donors (Lipinski definition) is 2. The van der Waals surface area contributed by atoms with Crippen molar-refractivity contribution < 1.29 is 27.5 Å². The molecule has 0 saturated carbocycles. The molecule has 0 aliphatic rings. The summed E-state index contributed by atoms with van der Waals surface area (Å²) < 4.78 is 44.7. The lowest BCUT2D eigenvalue weighted by molar-refractivity contribution is -0.137. The third kappa shape index (κ3) is 3.98. The van der Waals surface area contributed by atoms with Gasteiger partial charge >= 0.3 is 18.2 Å². The van der Waals surface area contributed by atoms with E-state index in [1.807, 2.05) is 0 Å². The van der Waals surface area contributed by atoms with Crippen LogP contribution in [-0.2, 0) is 18.0 Å². The van der Waals surface area contributed by atoms with Crippen molar-refractivity contribution in [2.45, 2.75) is 12.6 Å². The Kier molecular flexibility index (Phi) is 5.01. The minimum Gasteiger partial charge on any atom is -0.461 e. The highest BCUT2D eigenvalue weighted by Gasteiger charge is 2.31. The number of hydrogen-bond acceptors (Lipinski definition) is 3. The molecule has 9 heteroatoms. The molecule has 6 nitrogen and oxygen atoms in total. The van der Waals surface area contributed by atoms with E-state index in [4.69, 9.17) is 10.5 Å². The quantitative estimate of drug-likeness (QED) is 0.646. The van der Waals surface area contributed by atoms with Gasteiger partial charge in [0, 0.05) is 24.5 Å². The van der Waals surface area contributed by atoms with Crippen LogP contribution < -0.4 is 11.1 Å². The molecular formula is C15H16F3N3O3. The number of nitrogens with one attached hydrogen (secondary N) is 1. The Bertz CT molecular complexity index is 768. The van der Waals surface area contributed by atoms with Crippen molar-refractivity contribution in [1.29, 1.82) is 0 Å². The summed E-state index contributed by atoms with van der Waals surface area (Å²) in [6.45, 7) is 0.307. The predicted molar refractivity (Wildman–Crippen MR) is 80.4 cm³/mol. The van der Waals surface area contributed by atoms with Crippen LogP contribution in [-0.4, -0.2) is 29.7 Å². The number of nitrogens with zero attached hydrogens (tertiary/aromatic N) is 1. The average molecular weight is 343 g/mol. The third-order valence-electron chi connectivity index (χ3n) is 3.43. The standard InChI is InChI=1S/C15H16F3N3O3/c1-21-11-4-3-10(15(16,17)18)7-9(11)8-12(21)13(22)24-6-2-5-20-14(19)23/h3-4,7-8H,2,5-6H2,1H3,(H3,19,20,23). The van der Waals surface area contributed by atoms with Crippen LogP contribution in [0.2, 0.25) is 0 Å². The van der Waals surface area contributed by atoms with Gasteiger partial charge in [0.25, 0.3) is 0 Å². The van der Waals surface area contributed by atoms with E-state index in [-0.39, 0.29) is 18.8 Å². The van der Waals surface area contributed by atoms with Crippen LogP contribution in [0.1, 0.15) is 22.5 Å². The number of esters is 1. The lowest BCUT2D eigenvalue weighted by atomic mass is 10.1. The summed E-state index contributed by atoms with van der Waals surface area (Å²) in [7, 11) is 1.57. The molecule has 0 bridgehead atoms. The van der Waals surface area contributed by atoms with Gasteiger partial charge in [0.2, 0.25) is 0 Å². The molecule has 0 fully saturated rings. The van der Waals surface area contributed by atoms with Crippen LogP contribution in [0.5, 0.6) is 0 Å². The normalized spacial score (nSPS) is 11.5. The SMILES string of the molecule is Cn1c(C(=O)OCCCNC(N)=O)cc2cc(C(F)(F)F)ccc21. The molecule has 0 spiro atoms. The molecule has 1 heterocycles. The van der Waals surface area contributed by atoms with Crippen LogP contribution in [0.25, 0.3) is 10.9 Å².